The van der Waals surface area contributed by atoms with Crippen molar-refractivity contribution in [3.8, 4) is 0 Å². The second-order valence-corrected chi connectivity index (χ2v) is 22.8. The average molecular weight is 1140 g/mol. The van der Waals surface area contributed by atoms with Crippen LogP contribution in [0.3, 0.4) is 0 Å². The van der Waals surface area contributed by atoms with Crippen molar-refractivity contribution in [2.45, 2.75) is 326 Å². The molecule has 1 amide bonds. The van der Waals surface area contributed by atoms with E-state index in [-0.39, 0.29) is 18.5 Å². The fourth-order valence-electron chi connectivity index (χ4n) is 10.0. The van der Waals surface area contributed by atoms with Gasteiger partial charge in [-0.3, -0.25) is 9.59 Å². The number of nitrogens with one attached hydrogen (secondary N) is 1. The fourth-order valence-corrected chi connectivity index (χ4v) is 10.0. The monoisotopic (exact) mass is 1140 g/mol. The first-order chi connectivity index (χ1) is 39.7. The van der Waals surface area contributed by atoms with Gasteiger partial charge in [0.2, 0.25) is 5.91 Å². The van der Waals surface area contributed by atoms with Crippen molar-refractivity contribution in [2.24, 2.45) is 0 Å². The zero-order valence-electron chi connectivity index (χ0n) is 51.7. The van der Waals surface area contributed by atoms with Crippen molar-refractivity contribution >= 4 is 11.9 Å². The third kappa shape index (κ3) is 47.8. The molecular weight excluding hydrogens is 1010 g/mol. The molecule has 1 fully saturated rings. The Morgan fingerprint density at radius 1 is 0.481 bits per heavy atom. The molecule has 6 N–H and O–H groups in total. The molecule has 0 saturated carbocycles. The lowest BCUT2D eigenvalue weighted by Gasteiger charge is -2.40. The Balaban J connectivity index is 1.96. The van der Waals surface area contributed by atoms with Crippen LogP contribution in [0.25, 0.3) is 0 Å². The van der Waals surface area contributed by atoms with Gasteiger partial charge in [0.15, 0.2) is 6.29 Å². The quantitative estimate of drug-likeness (QED) is 0.0195. The van der Waals surface area contributed by atoms with Crippen molar-refractivity contribution in [2.75, 3.05) is 19.8 Å². The van der Waals surface area contributed by atoms with E-state index < -0.39 is 49.5 Å². The Bertz CT molecular complexity index is 1620. The Hall–Kier alpha value is -3.16. The van der Waals surface area contributed by atoms with Gasteiger partial charge in [-0.05, 0) is 116 Å². The highest BCUT2D eigenvalue weighted by Gasteiger charge is 2.44. The van der Waals surface area contributed by atoms with E-state index in [2.05, 4.69) is 79.1 Å². The number of unbranched alkanes of at least 4 members (excludes halogenated alkanes) is 32. The summed E-state index contributed by atoms with van der Waals surface area (Å²) in [4.78, 5) is 25.1. The molecule has 0 aromatic carbocycles. The Morgan fingerprint density at radius 3 is 1.36 bits per heavy atom. The minimum Gasteiger partial charge on any atom is -0.466 e. The maximum Gasteiger partial charge on any atom is 0.305 e. The maximum absolute atomic E-state index is 13.0. The molecule has 0 aliphatic carbocycles. The van der Waals surface area contributed by atoms with Crippen LogP contribution >= 0.6 is 0 Å². The lowest BCUT2D eigenvalue weighted by atomic mass is 9.99. The third-order valence-electron chi connectivity index (χ3n) is 15.3. The number of carbonyl (C=O) groups is 2. The number of ether oxygens (including phenoxy) is 3. The van der Waals surface area contributed by atoms with Crippen molar-refractivity contribution < 1.29 is 49.3 Å². The minimum atomic E-state index is -1.58. The van der Waals surface area contributed by atoms with Gasteiger partial charge < -0.3 is 45.1 Å². The molecule has 7 unspecified atom stereocenters. The topological polar surface area (TPSA) is 175 Å². The second kappa shape index (κ2) is 58.6. The number of aliphatic hydroxyl groups excluding tert-OH is 5. The maximum atomic E-state index is 13.0. The van der Waals surface area contributed by atoms with Crippen molar-refractivity contribution in [1.82, 2.24) is 5.32 Å². The predicted molar refractivity (Wildman–Crippen MR) is 338 cm³/mol. The molecule has 1 aliphatic rings. The summed E-state index contributed by atoms with van der Waals surface area (Å²) in [6.07, 6.45) is 70.2. The summed E-state index contributed by atoms with van der Waals surface area (Å²) in [7, 11) is 0. The van der Waals surface area contributed by atoms with E-state index in [0.29, 0.717) is 19.4 Å². The highest BCUT2D eigenvalue weighted by Crippen LogP contribution is 2.23. The lowest BCUT2D eigenvalue weighted by molar-refractivity contribution is -0.302. The Kier molecular flexibility index (Phi) is 54.9. The van der Waals surface area contributed by atoms with Gasteiger partial charge in [-0.2, -0.15) is 0 Å². The number of carbonyl (C=O) groups excluding carboxylic acids is 2. The zero-order chi connectivity index (χ0) is 58.7. The van der Waals surface area contributed by atoms with Gasteiger partial charge in [-0.1, -0.05) is 240 Å². The molecule has 1 heterocycles. The van der Waals surface area contributed by atoms with Gasteiger partial charge in [0.05, 0.1) is 32.0 Å². The number of esters is 1. The van der Waals surface area contributed by atoms with Crippen LogP contribution < -0.4 is 5.32 Å². The van der Waals surface area contributed by atoms with Gasteiger partial charge in [0, 0.05) is 12.8 Å². The molecule has 1 saturated heterocycles. The average Bonchev–Trinajstić information content (AvgIpc) is 3.49. The van der Waals surface area contributed by atoms with Crippen molar-refractivity contribution in [3.63, 3.8) is 0 Å². The molecule has 0 aromatic heterocycles. The van der Waals surface area contributed by atoms with Crippen LogP contribution in [0, 0.1) is 0 Å². The number of amides is 1. The van der Waals surface area contributed by atoms with Crippen LogP contribution in [0.2, 0.25) is 0 Å². The summed E-state index contributed by atoms with van der Waals surface area (Å²) in [6, 6.07) is -0.838. The van der Waals surface area contributed by atoms with Gasteiger partial charge >= 0.3 is 5.97 Å². The highest BCUT2D eigenvalue weighted by atomic mass is 16.7. The molecule has 468 valence electrons. The van der Waals surface area contributed by atoms with Crippen LogP contribution in [-0.4, -0.2) is 100 Å². The molecule has 0 bridgehead atoms. The Morgan fingerprint density at radius 2 is 0.889 bits per heavy atom. The largest absolute Gasteiger partial charge is 0.466 e. The Labute approximate surface area is 495 Å². The molecule has 11 heteroatoms. The number of aliphatic hydroxyl groups is 5. The van der Waals surface area contributed by atoms with E-state index in [4.69, 9.17) is 14.2 Å². The summed E-state index contributed by atoms with van der Waals surface area (Å²) in [6.45, 7) is 4.06. The van der Waals surface area contributed by atoms with Gasteiger partial charge in [0.1, 0.15) is 24.4 Å². The molecule has 7 atom stereocenters. The molecule has 81 heavy (non-hydrogen) atoms. The highest BCUT2D eigenvalue weighted by molar-refractivity contribution is 5.76. The zero-order valence-corrected chi connectivity index (χ0v) is 51.7. The molecule has 0 radical (unpaired) electrons. The summed E-state index contributed by atoms with van der Waals surface area (Å²) in [5.74, 6) is -0.212. The molecule has 0 spiro atoms. The normalized spacial score (nSPS) is 18.8. The third-order valence-corrected chi connectivity index (χ3v) is 15.3. The van der Waals surface area contributed by atoms with E-state index in [1.165, 1.54) is 167 Å². The summed E-state index contributed by atoms with van der Waals surface area (Å²) in [5, 5.41) is 54.2. The predicted octanol–water partition coefficient (Wildman–Crippen LogP) is 16.5. The first-order valence-corrected chi connectivity index (χ1v) is 33.3. The van der Waals surface area contributed by atoms with Crippen LogP contribution in [0.4, 0.5) is 0 Å². The lowest BCUT2D eigenvalue weighted by Crippen LogP contribution is -2.60. The molecule has 1 rings (SSSR count). The standard InChI is InChI=1S/C70H123NO10/c1-3-5-7-9-11-13-14-15-16-28-32-35-38-42-46-50-54-58-66(75)79-59-55-51-47-43-39-36-33-30-27-25-23-21-19-17-18-20-22-24-26-29-31-34-37-41-45-49-53-57-65(74)71-62(63(73)56-52-48-44-40-12-10-8-6-4-2)61-80-70-69(78)68(77)67(76)64(60-72)81-70/h4,6,11-13,15-18,21,23,40,52,56,62-64,67-70,72-73,76-78H,3,5,7-10,14,19-20,22,24-39,41-51,53-55,57-61H2,1-2H3,(H,71,74). The fraction of sp³-hybridized carbons (Fsp3) is 0.771. The van der Waals surface area contributed by atoms with Gasteiger partial charge in [-0.25, -0.2) is 0 Å². The smallest absolute Gasteiger partial charge is 0.305 e. The van der Waals surface area contributed by atoms with Crippen LogP contribution in [-0.2, 0) is 23.8 Å². The van der Waals surface area contributed by atoms with Crippen LogP contribution in [0.5, 0.6) is 0 Å². The van der Waals surface area contributed by atoms with E-state index in [1.54, 1.807) is 6.08 Å². The molecule has 1 aliphatic heterocycles. The molecule has 0 aromatic rings. The summed E-state index contributed by atoms with van der Waals surface area (Å²) < 4.78 is 16.7. The number of hydrogen-bond donors (Lipinski definition) is 6. The summed E-state index contributed by atoms with van der Waals surface area (Å²) in [5.41, 5.74) is 0. The van der Waals surface area contributed by atoms with E-state index in [0.717, 1.165) is 89.9 Å². The minimum absolute atomic E-state index is 0.00826. The van der Waals surface area contributed by atoms with Crippen LogP contribution in [0.15, 0.2) is 85.1 Å². The second-order valence-electron chi connectivity index (χ2n) is 22.8. The van der Waals surface area contributed by atoms with Gasteiger partial charge in [0.25, 0.3) is 0 Å². The van der Waals surface area contributed by atoms with Crippen molar-refractivity contribution in [1.29, 1.82) is 0 Å². The number of hydrogen-bond acceptors (Lipinski definition) is 10. The molecule has 11 nitrogen and oxygen atoms in total. The summed E-state index contributed by atoms with van der Waals surface area (Å²) >= 11 is 0. The van der Waals surface area contributed by atoms with E-state index in [9.17, 15) is 35.1 Å². The van der Waals surface area contributed by atoms with Gasteiger partial charge in [-0.15, -0.1) is 0 Å². The number of allylic oxidation sites excluding steroid dienone is 13. The molecular formula is C70H123NO10. The van der Waals surface area contributed by atoms with Crippen LogP contribution in [0.1, 0.15) is 284 Å². The number of rotatable bonds is 57. The van der Waals surface area contributed by atoms with Crippen molar-refractivity contribution in [3.05, 3.63) is 85.1 Å². The SMILES string of the molecule is CC=CCCC=CCCC=CC(O)C(COC1OC(CO)C(O)C(O)C1O)NC(=O)CCCCCCCCCCCCCC=CCC=CCCCCCCCCCCCOC(=O)CCCCCCCCCC=CCC=CCCCCC. The van der Waals surface area contributed by atoms with E-state index >= 15 is 0 Å². The first kappa shape index (κ1) is 75.9. The first-order valence-electron chi connectivity index (χ1n) is 33.3. The van der Waals surface area contributed by atoms with E-state index in [1.807, 2.05) is 19.1 Å².